The van der Waals surface area contributed by atoms with Gasteiger partial charge in [0.2, 0.25) is 5.91 Å². The van der Waals surface area contributed by atoms with Gasteiger partial charge in [0.25, 0.3) is 0 Å². The average Bonchev–Trinajstić information content (AvgIpc) is 3.33. The number of hydrogen-bond donors (Lipinski definition) is 0. The summed E-state index contributed by atoms with van der Waals surface area (Å²) in [7, 11) is -1.18. The van der Waals surface area contributed by atoms with Gasteiger partial charge in [-0.2, -0.15) is 0 Å². The van der Waals surface area contributed by atoms with E-state index in [0.29, 0.717) is 25.3 Å². The highest BCUT2D eigenvalue weighted by Crippen LogP contribution is 2.34. The number of imide groups is 1. The lowest BCUT2D eigenvalue weighted by Gasteiger charge is -2.24. The molecule has 0 spiro atoms. The molecule has 1 aliphatic heterocycles. The van der Waals surface area contributed by atoms with E-state index < -0.39 is 32.2 Å². The zero-order valence-electron chi connectivity index (χ0n) is 20.2. The standard InChI is InChI=1S/C23H35N5O4Si/c1-6-10-19(15-20-24-25-26-27(20)16-31-13-14-33(3,4)5)22(29)28-17(2)21(32-23(28)30)18-11-8-7-9-12-18/h7-9,11-12,17,19,21H,6,10,13-16H2,1-5H3/t17-,19+,21-/m1/s1. The minimum Gasteiger partial charge on any atom is -0.439 e. The van der Waals surface area contributed by atoms with Gasteiger partial charge in [-0.1, -0.05) is 63.3 Å². The molecule has 1 aromatic heterocycles. The molecule has 0 radical (unpaired) electrons. The molecule has 2 aromatic rings. The largest absolute Gasteiger partial charge is 0.439 e. The van der Waals surface area contributed by atoms with Crippen molar-refractivity contribution in [3.63, 3.8) is 0 Å². The van der Waals surface area contributed by atoms with Crippen LogP contribution in [0.2, 0.25) is 25.7 Å². The summed E-state index contributed by atoms with van der Waals surface area (Å²) in [5, 5.41) is 11.9. The fourth-order valence-corrected chi connectivity index (χ4v) is 4.68. The Hall–Kier alpha value is -2.59. The van der Waals surface area contributed by atoms with E-state index in [1.165, 1.54) is 4.90 Å². The van der Waals surface area contributed by atoms with Crippen molar-refractivity contribution in [3.8, 4) is 0 Å². The van der Waals surface area contributed by atoms with Gasteiger partial charge in [-0.05, 0) is 35.4 Å². The number of tetrazole rings is 1. The van der Waals surface area contributed by atoms with E-state index in [1.807, 2.05) is 44.2 Å². The highest BCUT2D eigenvalue weighted by atomic mass is 28.3. The van der Waals surface area contributed by atoms with Crippen molar-refractivity contribution in [2.24, 2.45) is 5.92 Å². The van der Waals surface area contributed by atoms with E-state index in [9.17, 15) is 9.59 Å². The zero-order chi connectivity index (χ0) is 24.0. The van der Waals surface area contributed by atoms with Crippen LogP contribution in [0.4, 0.5) is 4.79 Å². The van der Waals surface area contributed by atoms with Crippen molar-refractivity contribution < 1.29 is 19.1 Å². The predicted octanol–water partition coefficient (Wildman–Crippen LogP) is 4.05. The molecule has 0 bridgehead atoms. The maximum Gasteiger partial charge on any atom is 0.417 e. The summed E-state index contributed by atoms with van der Waals surface area (Å²) < 4.78 is 13.0. The smallest absolute Gasteiger partial charge is 0.417 e. The topological polar surface area (TPSA) is 99.4 Å². The quantitative estimate of drug-likeness (QED) is 0.358. The zero-order valence-corrected chi connectivity index (χ0v) is 21.2. The van der Waals surface area contributed by atoms with E-state index in [1.54, 1.807) is 4.68 Å². The maximum absolute atomic E-state index is 13.5. The Kier molecular flexibility index (Phi) is 8.36. The summed E-state index contributed by atoms with van der Waals surface area (Å²) in [5.74, 6) is -0.0946. The van der Waals surface area contributed by atoms with Crippen LogP contribution < -0.4 is 0 Å². The van der Waals surface area contributed by atoms with Crippen LogP contribution in [-0.4, -0.2) is 57.8 Å². The molecule has 1 fully saturated rings. The third-order valence-electron chi connectivity index (χ3n) is 5.87. The average molecular weight is 474 g/mol. The molecule has 3 atom stereocenters. The summed E-state index contributed by atoms with van der Waals surface area (Å²) in [6.45, 7) is 11.7. The molecule has 2 amide bonds. The Morgan fingerprint density at radius 1 is 1.24 bits per heavy atom. The van der Waals surface area contributed by atoms with Gasteiger partial charge in [0.05, 0.1) is 6.04 Å². The lowest BCUT2D eigenvalue weighted by Crippen LogP contribution is -2.42. The Bertz CT molecular complexity index is 930. The third-order valence-corrected chi connectivity index (χ3v) is 7.57. The van der Waals surface area contributed by atoms with Gasteiger partial charge in [0, 0.05) is 27.0 Å². The molecule has 33 heavy (non-hydrogen) atoms. The van der Waals surface area contributed by atoms with Gasteiger partial charge >= 0.3 is 6.09 Å². The van der Waals surface area contributed by atoms with E-state index >= 15 is 0 Å². The first-order valence-electron chi connectivity index (χ1n) is 11.6. The molecule has 0 saturated carbocycles. The molecule has 3 rings (SSSR count). The second kappa shape index (κ2) is 11.0. The van der Waals surface area contributed by atoms with Gasteiger partial charge in [0.15, 0.2) is 5.82 Å². The first-order valence-corrected chi connectivity index (χ1v) is 15.3. The Morgan fingerprint density at radius 3 is 2.64 bits per heavy atom. The maximum atomic E-state index is 13.5. The van der Waals surface area contributed by atoms with E-state index in [4.69, 9.17) is 9.47 Å². The fraction of sp³-hybridized carbons (Fsp3) is 0.609. The van der Waals surface area contributed by atoms with E-state index in [-0.39, 0.29) is 12.6 Å². The van der Waals surface area contributed by atoms with E-state index in [0.717, 1.165) is 18.0 Å². The predicted molar refractivity (Wildman–Crippen MR) is 126 cm³/mol. The molecule has 1 aliphatic rings. The van der Waals surface area contributed by atoms with Gasteiger partial charge in [0.1, 0.15) is 12.8 Å². The summed E-state index contributed by atoms with van der Waals surface area (Å²) in [6, 6.07) is 10.2. The van der Waals surface area contributed by atoms with Gasteiger partial charge in [-0.3, -0.25) is 4.79 Å². The highest BCUT2D eigenvalue weighted by Gasteiger charge is 2.45. The van der Waals surface area contributed by atoms with Gasteiger partial charge < -0.3 is 9.47 Å². The third kappa shape index (κ3) is 6.48. The summed E-state index contributed by atoms with van der Waals surface area (Å²) in [6.07, 6.45) is 0.675. The summed E-state index contributed by atoms with van der Waals surface area (Å²) in [4.78, 5) is 27.4. The molecule has 0 N–H and O–H groups in total. The fourth-order valence-electron chi connectivity index (χ4n) is 3.92. The van der Waals surface area contributed by atoms with Gasteiger partial charge in [-0.25, -0.2) is 14.4 Å². The number of aromatic nitrogens is 4. The number of carbonyl (C=O) groups is 2. The number of nitrogens with zero attached hydrogens (tertiary/aromatic N) is 5. The number of cyclic esters (lactones) is 1. The summed E-state index contributed by atoms with van der Waals surface area (Å²) >= 11 is 0. The number of benzene rings is 1. The van der Waals surface area contributed by atoms with Crippen LogP contribution in [0.1, 0.15) is 44.2 Å². The van der Waals surface area contributed by atoms with Crippen molar-refractivity contribution in [3.05, 3.63) is 41.7 Å². The van der Waals surface area contributed by atoms with Crippen LogP contribution in [0, 0.1) is 5.92 Å². The molecule has 10 heteroatoms. The van der Waals surface area contributed by atoms with Crippen molar-refractivity contribution in [2.75, 3.05) is 6.61 Å². The Balaban J connectivity index is 1.68. The first-order chi connectivity index (χ1) is 15.7. The van der Waals surface area contributed by atoms with Crippen LogP contribution in [0.15, 0.2) is 30.3 Å². The van der Waals surface area contributed by atoms with E-state index in [2.05, 4.69) is 35.2 Å². The first kappa shape index (κ1) is 25.0. The second-order valence-electron chi connectivity index (χ2n) is 9.80. The highest BCUT2D eigenvalue weighted by molar-refractivity contribution is 6.76. The molecule has 1 aromatic carbocycles. The molecule has 1 saturated heterocycles. The minimum atomic E-state index is -1.18. The van der Waals surface area contributed by atoms with Crippen molar-refractivity contribution >= 4 is 20.1 Å². The Morgan fingerprint density at radius 2 is 1.97 bits per heavy atom. The lowest BCUT2D eigenvalue weighted by atomic mass is 9.96. The van der Waals surface area contributed by atoms with Crippen molar-refractivity contribution in [1.82, 2.24) is 25.1 Å². The van der Waals surface area contributed by atoms with Crippen LogP contribution in [-0.2, 0) is 27.4 Å². The van der Waals surface area contributed by atoms with Crippen molar-refractivity contribution in [1.29, 1.82) is 0 Å². The SMILES string of the molecule is CCC[C@@H](Cc1nnnn1COCC[Si](C)(C)C)C(=O)N1C(=O)O[C@@H](c2ccccc2)[C@H]1C. The molecule has 180 valence electrons. The number of rotatable bonds is 11. The monoisotopic (exact) mass is 473 g/mol. The number of ether oxygens (including phenoxy) is 2. The second-order valence-corrected chi connectivity index (χ2v) is 15.4. The normalized spacial score (nSPS) is 19.5. The molecule has 0 aliphatic carbocycles. The molecule has 9 nitrogen and oxygen atoms in total. The van der Waals surface area contributed by atoms with Gasteiger partial charge in [-0.15, -0.1) is 5.10 Å². The number of hydrogen-bond acceptors (Lipinski definition) is 7. The van der Waals surface area contributed by atoms with Crippen LogP contribution in [0.3, 0.4) is 0 Å². The lowest BCUT2D eigenvalue weighted by molar-refractivity contribution is -0.133. The van der Waals surface area contributed by atoms with Crippen molar-refractivity contribution in [2.45, 2.75) is 77.7 Å². The molecular weight excluding hydrogens is 438 g/mol. The van der Waals surface area contributed by atoms with Crippen LogP contribution in [0.25, 0.3) is 0 Å². The minimum absolute atomic E-state index is 0.248. The Labute approximate surface area is 196 Å². The summed E-state index contributed by atoms with van der Waals surface area (Å²) in [5.41, 5.74) is 0.875. The number of carbonyl (C=O) groups excluding carboxylic acids is 2. The molecule has 2 heterocycles. The molecule has 0 unspecified atom stereocenters. The number of amides is 2. The van der Waals surface area contributed by atoms with Crippen LogP contribution in [0.5, 0.6) is 0 Å². The molecular formula is C23H35N5O4Si. The van der Waals surface area contributed by atoms with Crippen LogP contribution >= 0.6 is 0 Å².